The number of rotatable bonds is 20. The van der Waals surface area contributed by atoms with Crippen LogP contribution in [0.3, 0.4) is 0 Å². The average molecular weight is 689 g/mol. The van der Waals surface area contributed by atoms with E-state index >= 15 is 0 Å². The number of esters is 2. The quantitative estimate of drug-likeness (QED) is 0.0686. The molecule has 0 heterocycles. The van der Waals surface area contributed by atoms with Crippen LogP contribution < -0.4 is 10.6 Å². The second-order valence-corrected chi connectivity index (χ2v) is 11.5. The van der Waals surface area contributed by atoms with Crippen LogP contribution in [-0.4, -0.2) is 98.1 Å². The molecule has 0 saturated heterocycles. The SMILES string of the molecule is CC(C)CNC(=O)C(CC(=O)OCC(=O)c1ccc(-c2ccc(C=O)cc2)cc1)OCO.CCOC(=O)C(CC(=O)NCC(C)C)OCO. The van der Waals surface area contributed by atoms with Crippen LogP contribution in [0.2, 0.25) is 0 Å². The molecule has 49 heavy (non-hydrogen) atoms. The molecule has 0 spiro atoms. The largest absolute Gasteiger partial charge is 0.464 e. The molecule has 14 nitrogen and oxygen atoms in total. The number of Topliss-reactive ketones (excluding diaryl/α,β-unsaturated/α-hetero) is 1. The molecule has 2 rings (SSSR count). The third kappa shape index (κ3) is 17.5. The zero-order valence-corrected chi connectivity index (χ0v) is 28.6. The van der Waals surface area contributed by atoms with E-state index in [0.717, 1.165) is 17.4 Å². The minimum Gasteiger partial charge on any atom is -0.464 e. The van der Waals surface area contributed by atoms with Gasteiger partial charge in [0, 0.05) is 24.2 Å². The molecule has 0 aliphatic carbocycles. The minimum atomic E-state index is -1.20. The van der Waals surface area contributed by atoms with Gasteiger partial charge < -0.3 is 39.8 Å². The summed E-state index contributed by atoms with van der Waals surface area (Å²) in [6.07, 6.45) is -2.05. The normalized spacial score (nSPS) is 11.9. The lowest BCUT2D eigenvalue weighted by Gasteiger charge is -2.16. The topological polar surface area (TPSA) is 204 Å². The molecule has 0 aliphatic heterocycles. The summed E-state index contributed by atoms with van der Waals surface area (Å²) < 4.78 is 19.4. The molecule has 0 radical (unpaired) electrons. The summed E-state index contributed by atoms with van der Waals surface area (Å²) in [5.74, 6) is -2.12. The number of ketones is 1. The van der Waals surface area contributed by atoms with E-state index in [1.165, 1.54) is 0 Å². The Bertz CT molecular complexity index is 1330. The number of aliphatic hydroxyl groups excluding tert-OH is 2. The number of benzene rings is 2. The highest BCUT2D eigenvalue weighted by Crippen LogP contribution is 2.20. The number of aldehydes is 1. The summed E-state index contributed by atoms with van der Waals surface area (Å²) in [6.45, 7) is 8.73. The van der Waals surface area contributed by atoms with Gasteiger partial charge in [0.05, 0.1) is 19.4 Å². The van der Waals surface area contributed by atoms with Gasteiger partial charge in [-0.05, 0) is 29.9 Å². The highest BCUT2D eigenvalue weighted by molar-refractivity contribution is 5.98. The molecule has 2 amide bonds. The third-order valence-corrected chi connectivity index (χ3v) is 6.46. The molecule has 0 bridgehead atoms. The van der Waals surface area contributed by atoms with E-state index in [4.69, 9.17) is 29.2 Å². The van der Waals surface area contributed by atoms with Crippen LogP contribution in [0, 0.1) is 11.8 Å². The first-order valence-electron chi connectivity index (χ1n) is 15.8. The molecular weight excluding hydrogens is 640 g/mol. The minimum absolute atomic E-state index is 0.147. The Morgan fingerprint density at radius 2 is 1.27 bits per heavy atom. The summed E-state index contributed by atoms with van der Waals surface area (Å²) >= 11 is 0. The number of carbonyl (C=O) groups excluding carboxylic acids is 6. The Hall–Kier alpha value is -4.50. The van der Waals surface area contributed by atoms with Crippen LogP contribution in [0.15, 0.2) is 48.5 Å². The Kier molecular flexibility index (Phi) is 20.6. The van der Waals surface area contributed by atoms with Gasteiger partial charge in [0.1, 0.15) is 26.0 Å². The van der Waals surface area contributed by atoms with Crippen LogP contribution in [-0.2, 0) is 38.1 Å². The molecule has 0 saturated carbocycles. The monoisotopic (exact) mass is 688 g/mol. The van der Waals surface area contributed by atoms with Crippen molar-refractivity contribution in [2.75, 3.05) is 39.9 Å². The lowest BCUT2D eigenvalue weighted by atomic mass is 10.0. The molecule has 14 heteroatoms. The maximum Gasteiger partial charge on any atom is 0.335 e. The Labute approximate surface area is 286 Å². The molecule has 0 aromatic heterocycles. The second kappa shape index (κ2) is 23.8. The maximum atomic E-state index is 12.3. The highest BCUT2D eigenvalue weighted by atomic mass is 16.6. The smallest absolute Gasteiger partial charge is 0.335 e. The zero-order chi connectivity index (χ0) is 36.8. The summed E-state index contributed by atoms with van der Waals surface area (Å²) in [4.78, 5) is 70.1. The number of carbonyl (C=O) groups is 6. The fraction of sp³-hybridized carbons (Fsp3) is 0.486. The van der Waals surface area contributed by atoms with Crippen molar-refractivity contribution in [1.29, 1.82) is 0 Å². The molecule has 2 atom stereocenters. The van der Waals surface area contributed by atoms with Crippen LogP contribution in [0.4, 0.5) is 0 Å². The van der Waals surface area contributed by atoms with E-state index in [1.807, 2.05) is 39.8 Å². The van der Waals surface area contributed by atoms with Crippen LogP contribution in [0.25, 0.3) is 11.1 Å². The number of ether oxygens (including phenoxy) is 4. The molecule has 0 aliphatic rings. The molecule has 4 N–H and O–H groups in total. The average Bonchev–Trinajstić information content (AvgIpc) is 3.08. The van der Waals surface area contributed by atoms with E-state index in [-0.39, 0.29) is 24.9 Å². The number of hydrogen-bond acceptors (Lipinski definition) is 12. The van der Waals surface area contributed by atoms with E-state index in [2.05, 4.69) is 10.6 Å². The number of nitrogens with one attached hydrogen (secondary N) is 2. The van der Waals surface area contributed by atoms with E-state index in [1.54, 1.807) is 43.3 Å². The zero-order valence-electron chi connectivity index (χ0n) is 28.6. The number of hydrogen-bond donors (Lipinski definition) is 4. The van der Waals surface area contributed by atoms with Gasteiger partial charge in [-0.3, -0.25) is 24.0 Å². The van der Waals surface area contributed by atoms with Crippen molar-refractivity contribution in [3.8, 4) is 11.1 Å². The van der Waals surface area contributed by atoms with Crippen LogP contribution >= 0.6 is 0 Å². The predicted octanol–water partition coefficient (Wildman–Crippen LogP) is 2.44. The van der Waals surface area contributed by atoms with Crippen molar-refractivity contribution in [3.63, 3.8) is 0 Å². The fourth-order valence-electron chi connectivity index (χ4n) is 3.87. The lowest BCUT2D eigenvalue weighted by Crippen LogP contribution is -2.40. The van der Waals surface area contributed by atoms with Gasteiger partial charge in [0.25, 0.3) is 0 Å². The van der Waals surface area contributed by atoms with Crippen molar-refractivity contribution in [2.45, 2.75) is 59.7 Å². The molecular formula is C35H48N2O12. The Morgan fingerprint density at radius 1 is 0.735 bits per heavy atom. The first kappa shape index (κ1) is 42.5. The Balaban J connectivity index is 0.000000598. The first-order chi connectivity index (χ1) is 23.3. The molecule has 2 aromatic carbocycles. The maximum absolute atomic E-state index is 12.3. The summed E-state index contributed by atoms with van der Waals surface area (Å²) in [5, 5.41) is 22.9. The summed E-state index contributed by atoms with van der Waals surface area (Å²) in [7, 11) is 0. The first-order valence-corrected chi connectivity index (χ1v) is 15.8. The molecule has 2 unspecified atom stereocenters. The van der Waals surface area contributed by atoms with E-state index in [0.29, 0.717) is 30.1 Å². The number of amides is 2. The standard InChI is InChI=1S/C24H27NO7.C11H21NO5/c1-16(2)12-25-24(30)22(32-15-27)11-23(29)31-14-21(28)20-9-7-19(8-10-20)18-5-3-17(13-26)4-6-18;1-4-16-11(15)9(17-7-13)5-10(14)12-6-8(2)3/h3-10,13,16,22,27H,11-12,14-15H2,1-2H3,(H,25,30);8-9,13H,4-7H2,1-3H3,(H,12,14). The van der Waals surface area contributed by atoms with E-state index in [9.17, 15) is 28.8 Å². The van der Waals surface area contributed by atoms with Gasteiger partial charge in [0.2, 0.25) is 11.8 Å². The van der Waals surface area contributed by atoms with Crippen molar-refractivity contribution < 1.29 is 57.9 Å². The van der Waals surface area contributed by atoms with Gasteiger partial charge in [-0.25, -0.2) is 4.79 Å². The third-order valence-electron chi connectivity index (χ3n) is 6.46. The van der Waals surface area contributed by atoms with Crippen LogP contribution in [0.5, 0.6) is 0 Å². The van der Waals surface area contributed by atoms with Gasteiger partial charge in [-0.2, -0.15) is 0 Å². The summed E-state index contributed by atoms with van der Waals surface area (Å²) in [5.41, 5.74) is 2.70. The second-order valence-electron chi connectivity index (χ2n) is 11.5. The molecule has 270 valence electrons. The van der Waals surface area contributed by atoms with Crippen molar-refractivity contribution in [1.82, 2.24) is 10.6 Å². The Morgan fingerprint density at radius 3 is 1.78 bits per heavy atom. The number of aliphatic hydroxyl groups is 2. The molecule has 2 aromatic rings. The van der Waals surface area contributed by atoms with Crippen molar-refractivity contribution in [2.24, 2.45) is 11.8 Å². The van der Waals surface area contributed by atoms with Gasteiger partial charge in [0.15, 0.2) is 18.5 Å². The lowest BCUT2D eigenvalue weighted by molar-refractivity contribution is -0.165. The van der Waals surface area contributed by atoms with Gasteiger partial charge >= 0.3 is 11.9 Å². The highest BCUT2D eigenvalue weighted by Gasteiger charge is 2.25. The van der Waals surface area contributed by atoms with Gasteiger partial charge in [-0.15, -0.1) is 0 Å². The fourth-order valence-corrected chi connectivity index (χ4v) is 3.87. The van der Waals surface area contributed by atoms with Crippen LogP contribution in [0.1, 0.15) is 68.2 Å². The van der Waals surface area contributed by atoms with Gasteiger partial charge in [-0.1, -0.05) is 76.2 Å². The summed E-state index contributed by atoms with van der Waals surface area (Å²) in [6, 6.07) is 13.8. The van der Waals surface area contributed by atoms with Crippen molar-refractivity contribution >= 4 is 35.8 Å². The molecule has 0 fully saturated rings. The predicted molar refractivity (Wildman–Crippen MR) is 178 cm³/mol. The van der Waals surface area contributed by atoms with Crippen molar-refractivity contribution in [3.05, 3.63) is 59.7 Å². The van der Waals surface area contributed by atoms with E-state index < -0.39 is 62.5 Å².